The van der Waals surface area contributed by atoms with Gasteiger partial charge in [-0.05, 0) is 24.1 Å². The fourth-order valence-corrected chi connectivity index (χ4v) is 3.74. The third kappa shape index (κ3) is 4.12. The average molecular weight is 358 g/mol. The molecule has 1 aromatic carbocycles. The van der Waals surface area contributed by atoms with E-state index in [1.165, 1.54) is 6.08 Å². The van der Waals surface area contributed by atoms with Crippen LogP contribution in [0.1, 0.15) is 12.8 Å². The van der Waals surface area contributed by atoms with E-state index in [1.54, 1.807) is 30.3 Å². The number of rotatable bonds is 6. The molecule has 0 radical (unpaired) electrons. The minimum atomic E-state index is -3.09. The summed E-state index contributed by atoms with van der Waals surface area (Å²) < 4.78 is 44.0. The highest BCUT2D eigenvalue weighted by molar-refractivity contribution is 7.09. The molecule has 0 bridgehead atoms. The number of fused-ring (bicyclic) bond motifs is 1. The third-order valence-corrected chi connectivity index (χ3v) is 4.93. The van der Waals surface area contributed by atoms with Gasteiger partial charge >= 0.3 is 0 Å². The summed E-state index contributed by atoms with van der Waals surface area (Å²) in [5, 5.41) is 9.59. The molecular formula is C17H21F2O4P. The van der Waals surface area contributed by atoms with E-state index in [9.17, 15) is 13.9 Å². The summed E-state index contributed by atoms with van der Waals surface area (Å²) in [7, 11) is 2.19. The van der Waals surface area contributed by atoms with Crippen molar-refractivity contribution in [1.82, 2.24) is 0 Å². The summed E-state index contributed by atoms with van der Waals surface area (Å²) in [6, 6.07) is 8.53. The topological polar surface area (TPSA) is 47.9 Å². The molecule has 0 spiro atoms. The van der Waals surface area contributed by atoms with Crippen molar-refractivity contribution in [3.05, 3.63) is 42.5 Å². The molecule has 1 saturated carbocycles. The van der Waals surface area contributed by atoms with Crippen LogP contribution >= 0.6 is 9.47 Å². The van der Waals surface area contributed by atoms with E-state index in [1.807, 2.05) is 0 Å². The molecule has 1 aromatic rings. The first-order chi connectivity index (χ1) is 11.5. The van der Waals surface area contributed by atoms with E-state index in [4.69, 9.17) is 14.0 Å². The van der Waals surface area contributed by atoms with Gasteiger partial charge in [0.15, 0.2) is 12.9 Å². The van der Waals surface area contributed by atoms with Gasteiger partial charge in [0.25, 0.3) is 5.92 Å². The molecule has 7 heteroatoms. The van der Waals surface area contributed by atoms with Crippen LogP contribution in [0.3, 0.4) is 0 Å². The molecule has 2 fully saturated rings. The monoisotopic (exact) mass is 358 g/mol. The van der Waals surface area contributed by atoms with Crippen LogP contribution in [0.5, 0.6) is 5.75 Å². The molecule has 1 N–H and O–H groups in total. The van der Waals surface area contributed by atoms with Gasteiger partial charge in [-0.15, -0.1) is 0 Å². The lowest BCUT2D eigenvalue weighted by Gasteiger charge is -2.20. The Balaban J connectivity index is 1.62. The highest BCUT2D eigenvalue weighted by atomic mass is 31.0. The Morgan fingerprint density at radius 1 is 1.29 bits per heavy atom. The maximum Gasteiger partial charge on any atom is 0.299 e. The predicted octanol–water partition coefficient (Wildman–Crippen LogP) is 3.18. The van der Waals surface area contributed by atoms with Gasteiger partial charge in [-0.3, -0.25) is 0 Å². The molecule has 2 aliphatic rings. The third-order valence-electron chi connectivity index (χ3n) is 4.58. The van der Waals surface area contributed by atoms with E-state index >= 15 is 0 Å². The Kier molecular flexibility index (Phi) is 5.50. The molecule has 4 nitrogen and oxygen atoms in total. The molecule has 132 valence electrons. The summed E-state index contributed by atoms with van der Waals surface area (Å²) in [6.45, 7) is -0.722. The van der Waals surface area contributed by atoms with Crippen molar-refractivity contribution < 1.29 is 27.9 Å². The minimum absolute atomic E-state index is 0.00681. The summed E-state index contributed by atoms with van der Waals surface area (Å²) in [6.07, 6.45) is 2.22. The number of ether oxygens (including phenoxy) is 2. The molecule has 1 aliphatic carbocycles. The Bertz CT molecular complexity index is 569. The lowest BCUT2D eigenvalue weighted by Crippen LogP contribution is -2.25. The SMILES string of the molecule is OC1C[C@@H]2[C@@H](/C=C/C(F)(F)COc3ccccc3)[C@H](OP)C[C@@H]2O1. The summed E-state index contributed by atoms with van der Waals surface area (Å²) in [5.74, 6) is -2.90. The zero-order valence-corrected chi connectivity index (χ0v) is 14.2. The van der Waals surface area contributed by atoms with E-state index in [0.717, 1.165) is 6.08 Å². The second-order valence-electron chi connectivity index (χ2n) is 6.24. The highest BCUT2D eigenvalue weighted by Crippen LogP contribution is 2.45. The van der Waals surface area contributed by atoms with Crippen LogP contribution in [0, 0.1) is 11.8 Å². The number of benzene rings is 1. The van der Waals surface area contributed by atoms with E-state index in [0.29, 0.717) is 18.6 Å². The maximum atomic E-state index is 14.1. The number of hydrogen-bond acceptors (Lipinski definition) is 4. The molecule has 3 rings (SSSR count). The van der Waals surface area contributed by atoms with E-state index < -0.39 is 18.8 Å². The van der Waals surface area contributed by atoms with Crippen LogP contribution in [0.2, 0.25) is 0 Å². The summed E-state index contributed by atoms with van der Waals surface area (Å²) >= 11 is 0. The number of para-hydroxylation sites is 1. The smallest absolute Gasteiger partial charge is 0.299 e. The Hall–Kier alpha value is -1.07. The molecule has 24 heavy (non-hydrogen) atoms. The number of aliphatic hydroxyl groups is 1. The van der Waals surface area contributed by atoms with Gasteiger partial charge in [0.05, 0.1) is 12.2 Å². The van der Waals surface area contributed by atoms with Crippen molar-refractivity contribution >= 4 is 9.47 Å². The molecule has 6 atom stereocenters. The summed E-state index contributed by atoms with van der Waals surface area (Å²) in [4.78, 5) is 0. The first-order valence-electron chi connectivity index (χ1n) is 7.92. The Labute approximate surface area is 142 Å². The zero-order valence-electron chi connectivity index (χ0n) is 13.1. The van der Waals surface area contributed by atoms with Crippen molar-refractivity contribution in [2.24, 2.45) is 11.8 Å². The van der Waals surface area contributed by atoms with Gasteiger partial charge in [0.1, 0.15) is 5.75 Å². The van der Waals surface area contributed by atoms with Crippen molar-refractivity contribution in [2.75, 3.05) is 6.61 Å². The first kappa shape index (κ1) is 17.7. The minimum Gasteiger partial charge on any atom is -0.487 e. The quantitative estimate of drug-likeness (QED) is 0.627. The van der Waals surface area contributed by atoms with Crippen molar-refractivity contribution in [2.45, 2.75) is 37.3 Å². The summed E-state index contributed by atoms with van der Waals surface area (Å²) in [5.41, 5.74) is 0. The van der Waals surface area contributed by atoms with Crippen LogP contribution in [-0.4, -0.2) is 36.1 Å². The Morgan fingerprint density at radius 3 is 2.75 bits per heavy atom. The molecule has 0 aromatic heterocycles. The van der Waals surface area contributed by atoms with Gasteiger partial charge in [0, 0.05) is 28.2 Å². The van der Waals surface area contributed by atoms with Crippen LogP contribution in [0.15, 0.2) is 42.5 Å². The highest BCUT2D eigenvalue weighted by Gasteiger charge is 2.48. The number of halogens is 2. The van der Waals surface area contributed by atoms with Crippen molar-refractivity contribution in [3.8, 4) is 5.75 Å². The second kappa shape index (κ2) is 7.44. The molecule has 2 unspecified atom stereocenters. The predicted molar refractivity (Wildman–Crippen MR) is 87.7 cm³/mol. The van der Waals surface area contributed by atoms with Crippen molar-refractivity contribution in [1.29, 1.82) is 0 Å². The van der Waals surface area contributed by atoms with Crippen molar-refractivity contribution in [3.63, 3.8) is 0 Å². The maximum absolute atomic E-state index is 14.1. The van der Waals surface area contributed by atoms with E-state index in [2.05, 4.69) is 9.47 Å². The fourth-order valence-electron chi connectivity index (χ4n) is 3.45. The largest absolute Gasteiger partial charge is 0.487 e. The van der Waals surface area contributed by atoms with Gasteiger partial charge < -0.3 is 19.1 Å². The van der Waals surface area contributed by atoms with Gasteiger partial charge in [-0.2, -0.15) is 8.78 Å². The van der Waals surface area contributed by atoms with Crippen LogP contribution < -0.4 is 4.74 Å². The second-order valence-corrected chi connectivity index (χ2v) is 6.51. The van der Waals surface area contributed by atoms with E-state index in [-0.39, 0.29) is 24.0 Å². The van der Waals surface area contributed by atoms with Crippen LogP contribution in [0.25, 0.3) is 0 Å². The van der Waals surface area contributed by atoms with Gasteiger partial charge in [-0.1, -0.05) is 24.3 Å². The van der Waals surface area contributed by atoms with Crippen LogP contribution in [-0.2, 0) is 9.26 Å². The molecule has 1 aliphatic heterocycles. The lowest BCUT2D eigenvalue weighted by atomic mass is 9.91. The molecule has 0 amide bonds. The van der Waals surface area contributed by atoms with Gasteiger partial charge in [0.2, 0.25) is 0 Å². The van der Waals surface area contributed by atoms with Gasteiger partial charge in [-0.25, -0.2) is 0 Å². The number of aliphatic hydroxyl groups excluding tert-OH is 1. The molecule has 1 saturated heterocycles. The Morgan fingerprint density at radius 2 is 2.04 bits per heavy atom. The fraction of sp³-hybridized carbons (Fsp3) is 0.529. The normalized spacial score (nSPS) is 33.1. The standard InChI is InChI=1S/C17H21F2O4P/c18-17(19,10-21-11-4-2-1-3-5-11)7-6-12-13-8-16(20)22-14(13)9-15(12)23-24/h1-7,12-16,20H,8-10,24H2/b7-6+/t12-,13-,14+,15-,16?/m1/s1. The van der Waals surface area contributed by atoms with Crippen LogP contribution in [0.4, 0.5) is 8.78 Å². The number of hydrogen-bond donors (Lipinski definition) is 1. The first-order valence-corrected chi connectivity index (χ1v) is 8.40. The molecule has 1 heterocycles. The number of alkyl halides is 2. The lowest BCUT2D eigenvalue weighted by molar-refractivity contribution is -0.0938. The zero-order chi connectivity index (χ0) is 17.2. The molecular weight excluding hydrogens is 337 g/mol. The average Bonchev–Trinajstić information content (AvgIpc) is 3.08.